The summed E-state index contributed by atoms with van der Waals surface area (Å²) in [4.78, 5) is 13.5. The molecule has 0 aliphatic rings. The predicted molar refractivity (Wildman–Crippen MR) is 63.9 cm³/mol. The number of aromatic amines is 1. The summed E-state index contributed by atoms with van der Waals surface area (Å²) in [5.74, 6) is -0.112. The van der Waals surface area contributed by atoms with Crippen molar-refractivity contribution in [2.75, 3.05) is 0 Å². The number of H-pyrrole nitrogens is 1. The van der Waals surface area contributed by atoms with E-state index in [4.69, 9.17) is 11.6 Å². The van der Waals surface area contributed by atoms with E-state index < -0.39 is 5.56 Å². The van der Waals surface area contributed by atoms with Crippen LogP contribution in [0.5, 0.6) is 5.75 Å². The first kappa shape index (κ1) is 10.8. The standard InChI is InChI=1S/C12H10ClNO2/c1-7-3-2-4-8(5-7)11-9(15)6-10(16)14-12(11)13/h2-6H,1H3,(H2,14,15,16). The predicted octanol–water partition coefficient (Wildman–Crippen LogP) is 2.71. The number of benzene rings is 1. The van der Waals surface area contributed by atoms with Gasteiger partial charge in [0.05, 0.1) is 5.56 Å². The summed E-state index contributed by atoms with van der Waals surface area (Å²) < 4.78 is 0. The lowest BCUT2D eigenvalue weighted by Crippen LogP contribution is -2.04. The Balaban J connectivity index is 2.69. The molecule has 4 heteroatoms. The van der Waals surface area contributed by atoms with Crippen molar-refractivity contribution in [1.82, 2.24) is 4.98 Å². The van der Waals surface area contributed by atoms with E-state index in [-0.39, 0.29) is 10.9 Å². The highest BCUT2D eigenvalue weighted by Gasteiger charge is 2.10. The Morgan fingerprint density at radius 3 is 2.69 bits per heavy atom. The van der Waals surface area contributed by atoms with Gasteiger partial charge in [-0.3, -0.25) is 4.79 Å². The number of pyridine rings is 1. The number of aromatic nitrogens is 1. The summed E-state index contributed by atoms with van der Waals surface area (Å²) in [6.45, 7) is 1.94. The van der Waals surface area contributed by atoms with Crippen molar-refractivity contribution in [3.05, 3.63) is 51.4 Å². The molecule has 0 radical (unpaired) electrons. The Kier molecular flexibility index (Phi) is 2.71. The van der Waals surface area contributed by atoms with Crippen molar-refractivity contribution >= 4 is 11.6 Å². The van der Waals surface area contributed by atoms with Gasteiger partial charge in [0.15, 0.2) is 0 Å². The molecule has 1 heterocycles. The van der Waals surface area contributed by atoms with E-state index >= 15 is 0 Å². The molecule has 16 heavy (non-hydrogen) atoms. The first-order valence-electron chi connectivity index (χ1n) is 4.77. The Morgan fingerprint density at radius 1 is 1.31 bits per heavy atom. The fourth-order valence-electron chi connectivity index (χ4n) is 1.59. The lowest BCUT2D eigenvalue weighted by Gasteiger charge is -2.07. The van der Waals surface area contributed by atoms with Gasteiger partial charge in [-0.1, -0.05) is 41.4 Å². The minimum absolute atomic E-state index is 0.112. The Bertz CT molecular complexity index is 564. The van der Waals surface area contributed by atoms with Gasteiger partial charge in [0.25, 0.3) is 5.56 Å². The SMILES string of the molecule is Cc1cccc(-c2c(O)cc(=O)[nH]c2Cl)c1. The summed E-state index contributed by atoms with van der Waals surface area (Å²) in [5.41, 5.74) is 1.86. The first-order valence-corrected chi connectivity index (χ1v) is 5.14. The summed E-state index contributed by atoms with van der Waals surface area (Å²) in [6.07, 6.45) is 0. The van der Waals surface area contributed by atoms with Crippen molar-refractivity contribution in [3.63, 3.8) is 0 Å². The molecule has 1 aromatic heterocycles. The molecule has 0 saturated heterocycles. The van der Waals surface area contributed by atoms with Gasteiger partial charge in [0.1, 0.15) is 10.9 Å². The molecule has 1 aromatic carbocycles. The maximum atomic E-state index is 11.1. The van der Waals surface area contributed by atoms with Crippen LogP contribution in [0.1, 0.15) is 5.56 Å². The van der Waals surface area contributed by atoms with E-state index in [0.717, 1.165) is 17.2 Å². The van der Waals surface area contributed by atoms with E-state index in [9.17, 15) is 9.90 Å². The highest BCUT2D eigenvalue weighted by molar-refractivity contribution is 6.32. The van der Waals surface area contributed by atoms with Crippen LogP contribution in [-0.2, 0) is 0 Å². The minimum atomic E-state index is -0.418. The van der Waals surface area contributed by atoms with Gasteiger partial charge in [-0.2, -0.15) is 0 Å². The van der Waals surface area contributed by atoms with Crippen LogP contribution in [0.25, 0.3) is 11.1 Å². The summed E-state index contributed by atoms with van der Waals surface area (Å²) in [7, 11) is 0. The highest BCUT2D eigenvalue weighted by Crippen LogP contribution is 2.33. The Hall–Kier alpha value is -1.74. The molecule has 2 N–H and O–H groups in total. The van der Waals surface area contributed by atoms with Crippen LogP contribution < -0.4 is 5.56 Å². The zero-order chi connectivity index (χ0) is 11.7. The molecular weight excluding hydrogens is 226 g/mol. The number of halogens is 1. The number of hydrogen-bond donors (Lipinski definition) is 2. The molecule has 0 atom stereocenters. The van der Waals surface area contributed by atoms with Crippen LogP contribution in [-0.4, -0.2) is 10.1 Å². The average Bonchev–Trinajstić information content (AvgIpc) is 2.15. The van der Waals surface area contributed by atoms with E-state index in [0.29, 0.717) is 5.56 Å². The number of hydrogen-bond acceptors (Lipinski definition) is 2. The zero-order valence-corrected chi connectivity index (χ0v) is 9.38. The second kappa shape index (κ2) is 4.02. The van der Waals surface area contributed by atoms with E-state index in [1.165, 1.54) is 0 Å². The van der Waals surface area contributed by atoms with Gasteiger partial charge in [-0.05, 0) is 12.5 Å². The molecule has 0 aliphatic heterocycles. The third-order valence-electron chi connectivity index (χ3n) is 2.28. The van der Waals surface area contributed by atoms with Gasteiger partial charge in [0, 0.05) is 6.07 Å². The quantitative estimate of drug-likeness (QED) is 0.747. The molecule has 0 fully saturated rings. The monoisotopic (exact) mass is 235 g/mol. The smallest absolute Gasteiger partial charge is 0.252 e. The van der Waals surface area contributed by atoms with Crippen molar-refractivity contribution in [2.24, 2.45) is 0 Å². The van der Waals surface area contributed by atoms with Crippen LogP contribution in [0.2, 0.25) is 5.15 Å². The zero-order valence-electron chi connectivity index (χ0n) is 8.62. The lowest BCUT2D eigenvalue weighted by atomic mass is 10.0. The van der Waals surface area contributed by atoms with Crippen molar-refractivity contribution in [3.8, 4) is 16.9 Å². The van der Waals surface area contributed by atoms with E-state index in [2.05, 4.69) is 4.98 Å². The molecule has 82 valence electrons. The number of rotatable bonds is 1. The first-order chi connectivity index (χ1) is 7.58. The van der Waals surface area contributed by atoms with Crippen molar-refractivity contribution in [1.29, 1.82) is 0 Å². The maximum absolute atomic E-state index is 11.1. The van der Waals surface area contributed by atoms with Crippen LogP contribution in [0.4, 0.5) is 0 Å². The normalized spacial score (nSPS) is 10.4. The largest absolute Gasteiger partial charge is 0.507 e. The van der Waals surface area contributed by atoms with Gasteiger partial charge < -0.3 is 10.1 Å². The molecule has 0 saturated carbocycles. The molecule has 2 rings (SSSR count). The summed E-state index contributed by atoms with van der Waals surface area (Å²) >= 11 is 5.91. The van der Waals surface area contributed by atoms with Crippen LogP contribution in [0, 0.1) is 6.92 Å². The second-order valence-electron chi connectivity index (χ2n) is 3.58. The third-order valence-corrected chi connectivity index (χ3v) is 2.57. The lowest BCUT2D eigenvalue weighted by molar-refractivity contribution is 0.476. The average molecular weight is 236 g/mol. The van der Waals surface area contributed by atoms with Crippen LogP contribution in [0.3, 0.4) is 0 Å². The number of aryl methyl sites for hydroxylation is 1. The fraction of sp³-hybridized carbons (Fsp3) is 0.0833. The van der Waals surface area contributed by atoms with Crippen LogP contribution in [0.15, 0.2) is 35.1 Å². The molecule has 0 amide bonds. The van der Waals surface area contributed by atoms with Gasteiger partial charge in [-0.25, -0.2) is 0 Å². The maximum Gasteiger partial charge on any atom is 0.252 e. The number of nitrogens with one attached hydrogen (secondary N) is 1. The molecule has 3 nitrogen and oxygen atoms in total. The second-order valence-corrected chi connectivity index (χ2v) is 3.96. The topological polar surface area (TPSA) is 53.1 Å². The van der Waals surface area contributed by atoms with E-state index in [1.807, 2.05) is 31.2 Å². The molecule has 0 bridgehead atoms. The molecule has 0 aliphatic carbocycles. The highest BCUT2D eigenvalue weighted by atomic mass is 35.5. The van der Waals surface area contributed by atoms with E-state index in [1.54, 1.807) is 0 Å². The van der Waals surface area contributed by atoms with Gasteiger partial charge >= 0.3 is 0 Å². The molecular formula is C12H10ClNO2. The Labute approximate surface area is 97.3 Å². The summed E-state index contributed by atoms with van der Waals surface area (Å²) in [5, 5.41) is 9.86. The van der Waals surface area contributed by atoms with Crippen molar-refractivity contribution < 1.29 is 5.11 Å². The van der Waals surface area contributed by atoms with Gasteiger partial charge in [-0.15, -0.1) is 0 Å². The fourth-order valence-corrected chi connectivity index (χ4v) is 1.89. The third kappa shape index (κ3) is 1.95. The number of aromatic hydroxyl groups is 1. The molecule has 0 unspecified atom stereocenters. The van der Waals surface area contributed by atoms with Gasteiger partial charge in [0.2, 0.25) is 0 Å². The molecule has 0 spiro atoms. The minimum Gasteiger partial charge on any atom is -0.507 e. The molecule has 2 aromatic rings. The van der Waals surface area contributed by atoms with Crippen molar-refractivity contribution in [2.45, 2.75) is 6.92 Å². The van der Waals surface area contributed by atoms with Crippen LogP contribution >= 0.6 is 11.6 Å². The Morgan fingerprint density at radius 2 is 2.06 bits per heavy atom. The summed E-state index contributed by atoms with van der Waals surface area (Å²) in [6, 6.07) is 8.64.